The van der Waals surface area contributed by atoms with E-state index >= 15 is 0 Å². The predicted octanol–water partition coefficient (Wildman–Crippen LogP) is 3.00. The Morgan fingerprint density at radius 3 is 2.50 bits per heavy atom. The average molecular weight is 365 g/mol. The van der Waals surface area contributed by atoms with Crippen molar-refractivity contribution >= 4 is 15.9 Å². The van der Waals surface area contributed by atoms with Gasteiger partial charge in [0.1, 0.15) is 5.82 Å². The van der Waals surface area contributed by atoms with Crippen LogP contribution >= 0.6 is 15.9 Å². The number of aromatic nitrogens is 2. The maximum atomic E-state index is 6.34. The first kappa shape index (κ1) is 17.4. The van der Waals surface area contributed by atoms with E-state index in [-0.39, 0.29) is 6.04 Å². The summed E-state index contributed by atoms with van der Waals surface area (Å²) in [6, 6.07) is -0.0595. The van der Waals surface area contributed by atoms with Gasteiger partial charge >= 0.3 is 0 Å². The van der Waals surface area contributed by atoms with Crippen LogP contribution in [0.4, 0.5) is 0 Å². The van der Waals surface area contributed by atoms with Crippen LogP contribution in [0.3, 0.4) is 0 Å². The Kier molecular flexibility index (Phi) is 6.81. The fraction of sp³-hybridized carbons (Fsp3) is 0.647. The maximum Gasteiger partial charge on any atom is 0.145 e. The summed E-state index contributed by atoms with van der Waals surface area (Å²) < 4.78 is 0.889. The lowest BCUT2D eigenvalue weighted by Gasteiger charge is -2.29. The van der Waals surface area contributed by atoms with Crippen LogP contribution in [-0.2, 0) is 0 Å². The molecule has 1 saturated carbocycles. The van der Waals surface area contributed by atoms with E-state index in [0.717, 1.165) is 48.9 Å². The molecule has 22 heavy (non-hydrogen) atoms. The van der Waals surface area contributed by atoms with Gasteiger partial charge in [0.2, 0.25) is 0 Å². The summed E-state index contributed by atoms with van der Waals surface area (Å²) in [6.07, 6.45) is 9.02. The molecule has 0 saturated heterocycles. The standard InChI is InChI=1S/C17H25BrN4/c1-22(2)10-4-3-5-13-6-8-14(9-7-13)16(19)17-20-11-15(18)12-21-17/h11-14,16H,4,6-10,19H2,1-2H3. The van der Waals surface area contributed by atoms with Crippen molar-refractivity contribution in [1.82, 2.24) is 14.9 Å². The Labute approximate surface area is 142 Å². The summed E-state index contributed by atoms with van der Waals surface area (Å²) >= 11 is 3.35. The molecule has 2 rings (SSSR count). The maximum absolute atomic E-state index is 6.34. The summed E-state index contributed by atoms with van der Waals surface area (Å²) in [5.74, 6) is 8.51. The highest BCUT2D eigenvalue weighted by Gasteiger charge is 2.27. The normalized spacial score (nSPS) is 23.0. The second-order valence-corrected chi connectivity index (χ2v) is 7.19. The van der Waals surface area contributed by atoms with E-state index in [1.807, 2.05) is 0 Å². The van der Waals surface area contributed by atoms with Crippen molar-refractivity contribution in [3.63, 3.8) is 0 Å². The van der Waals surface area contributed by atoms with Gasteiger partial charge in [0.05, 0.1) is 10.5 Å². The molecular weight excluding hydrogens is 340 g/mol. The first-order valence-electron chi connectivity index (χ1n) is 7.92. The number of nitrogens with zero attached hydrogens (tertiary/aromatic N) is 3. The molecular formula is C17H25BrN4. The van der Waals surface area contributed by atoms with Crippen molar-refractivity contribution in [3.8, 4) is 11.8 Å². The van der Waals surface area contributed by atoms with Gasteiger partial charge in [-0.05, 0) is 61.6 Å². The van der Waals surface area contributed by atoms with Gasteiger partial charge in [-0.1, -0.05) is 5.92 Å². The summed E-state index contributed by atoms with van der Waals surface area (Å²) in [7, 11) is 4.16. The van der Waals surface area contributed by atoms with E-state index in [1.165, 1.54) is 0 Å². The van der Waals surface area contributed by atoms with Gasteiger partial charge in [0.25, 0.3) is 0 Å². The summed E-state index contributed by atoms with van der Waals surface area (Å²) in [5, 5.41) is 0. The van der Waals surface area contributed by atoms with Gasteiger partial charge in [0, 0.05) is 31.3 Å². The van der Waals surface area contributed by atoms with Crippen LogP contribution in [0, 0.1) is 23.7 Å². The molecule has 0 bridgehead atoms. The lowest BCUT2D eigenvalue weighted by atomic mass is 9.78. The number of hydrogen-bond donors (Lipinski definition) is 1. The Morgan fingerprint density at radius 1 is 1.27 bits per heavy atom. The first-order valence-corrected chi connectivity index (χ1v) is 8.71. The molecule has 1 aliphatic carbocycles. The zero-order valence-corrected chi connectivity index (χ0v) is 15.0. The van der Waals surface area contributed by atoms with Crippen molar-refractivity contribution in [3.05, 3.63) is 22.7 Å². The predicted molar refractivity (Wildman–Crippen MR) is 93.1 cm³/mol. The molecule has 0 amide bonds. The van der Waals surface area contributed by atoms with Gasteiger partial charge in [-0.3, -0.25) is 0 Å². The Morgan fingerprint density at radius 2 is 1.91 bits per heavy atom. The van der Waals surface area contributed by atoms with Gasteiger partial charge < -0.3 is 10.6 Å². The fourth-order valence-corrected chi connectivity index (χ4v) is 3.03. The van der Waals surface area contributed by atoms with Crippen molar-refractivity contribution in [2.24, 2.45) is 17.6 Å². The topological polar surface area (TPSA) is 55.0 Å². The number of halogens is 1. The first-order chi connectivity index (χ1) is 10.6. The van der Waals surface area contributed by atoms with E-state index in [0.29, 0.717) is 11.8 Å². The second-order valence-electron chi connectivity index (χ2n) is 6.27. The Hall–Kier alpha value is -0.960. The lowest BCUT2D eigenvalue weighted by molar-refractivity contribution is 0.270. The lowest BCUT2D eigenvalue weighted by Crippen LogP contribution is -2.27. The molecule has 4 nitrogen and oxygen atoms in total. The van der Waals surface area contributed by atoms with Crippen LogP contribution in [0.2, 0.25) is 0 Å². The van der Waals surface area contributed by atoms with Crippen molar-refractivity contribution in [2.75, 3.05) is 20.6 Å². The number of hydrogen-bond acceptors (Lipinski definition) is 4. The highest BCUT2D eigenvalue weighted by Crippen LogP contribution is 2.34. The number of rotatable bonds is 4. The zero-order valence-electron chi connectivity index (χ0n) is 13.4. The van der Waals surface area contributed by atoms with Gasteiger partial charge in [-0.2, -0.15) is 0 Å². The van der Waals surface area contributed by atoms with Crippen LogP contribution in [-0.4, -0.2) is 35.5 Å². The molecule has 1 fully saturated rings. The molecule has 1 aromatic rings. The SMILES string of the molecule is CN(C)CCC#CC1CCC(C(N)c2ncc(Br)cn2)CC1. The third kappa shape index (κ3) is 5.35. The molecule has 5 heteroatoms. The van der Waals surface area contributed by atoms with E-state index in [9.17, 15) is 0 Å². The van der Waals surface area contributed by atoms with Crippen LogP contribution in [0.5, 0.6) is 0 Å². The molecule has 120 valence electrons. The average Bonchev–Trinajstić information content (AvgIpc) is 2.52. The quantitative estimate of drug-likeness (QED) is 0.834. The van der Waals surface area contributed by atoms with Crippen LogP contribution in [0.1, 0.15) is 44.0 Å². The largest absolute Gasteiger partial charge is 0.321 e. The van der Waals surface area contributed by atoms with E-state index in [1.54, 1.807) is 12.4 Å². The third-order valence-electron chi connectivity index (χ3n) is 4.21. The molecule has 0 aromatic carbocycles. The van der Waals surface area contributed by atoms with Crippen LogP contribution < -0.4 is 5.73 Å². The highest BCUT2D eigenvalue weighted by molar-refractivity contribution is 9.10. The molecule has 1 heterocycles. The number of nitrogens with two attached hydrogens (primary N) is 1. The van der Waals surface area contributed by atoms with E-state index in [4.69, 9.17) is 5.73 Å². The minimum atomic E-state index is -0.0595. The second kappa shape index (κ2) is 8.61. The minimum Gasteiger partial charge on any atom is -0.321 e. The zero-order chi connectivity index (χ0) is 15.9. The third-order valence-corrected chi connectivity index (χ3v) is 4.62. The monoisotopic (exact) mass is 364 g/mol. The molecule has 1 aliphatic rings. The smallest absolute Gasteiger partial charge is 0.145 e. The summed E-state index contributed by atoms with van der Waals surface area (Å²) in [6.45, 7) is 1.04. The van der Waals surface area contributed by atoms with Crippen molar-refractivity contribution < 1.29 is 0 Å². The molecule has 0 spiro atoms. The van der Waals surface area contributed by atoms with Gasteiger partial charge in [0.15, 0.2) is 0 Å². The fourth-order valence-electron chi connectivity index (χ4n) is 2.82. The molecule has 2 N–H and O–H groups in total. The van der Waals surface area contributed by atoms with Crippen LogP contribution in [0.25, 0.3) is 0 Å². The molecule has 1 unspecified atom stereocenters. The molecule has 1 aromatic heterocycles. The summed E-state index contributed by atoms with van der Waals surface area (Å²) in [4.78, 5) is 10.8. The summed E-state index contributed by atoms with van der Waals surface area (Å²) in [5.41, 5.74) is 6.34. The van der Waals surface area contributed by atoms with Crippen molar-refractivity contribution in [2.45, 2.75) is 38.1 Å². The molecule has 0 radical (unpaired) electrons. The van der Waals surface area contributed by atoms with E-state index in [2.05, 4.69) is 56.7 Å². The van der Waals surface area contributed by atoms with E-state index < -0.39 is 0 Å². The van der Waals surface area contributed by atoms with Gasteiger partial charge in [-0.25, -0.2) is 9.97 Å². The minimum absolute atomic E-state index is 0.0595. The molecule has 0 aliphatic heterocycles. The highest BCUT2D eigenvalue weighted by atomic mass is 79.9. The Bertz CT molecular complexity index is 510. The Balaban J connectivity index is 1.80. The van der Waals surface area contributed by atoms with Gasteiger partial charge in [-0.15, -0.1) is 5.92 Å². The van der Waals surface area contributed by atoms with Crippen LogP contribution in [0.15, 0.2) is 16.9 Å². The van der Waals surface area contributed by atoms with Crippen molar-refractivity contribution in [1.29, 1.82) is 0 Å². The molecule has 1 atom stereocenters.